The molecule has 0 aromatic carbocycles. The number of hydrogen-bond acceptors (Lipinski definition) is 3. The van der Waals surface area contributed by atoms with Crippen molar-refractivity contribution < 1.29 is 14.7 Å². The normalized spacial score (nSPS) is 15.2. The maximum absolute atomic E-state index is 10.7. The Labute approximate surface area is 70.7 Å². The van der Waals surface area contributed by atoms with Gasteiger partial charge in [-0.1, -0.05) is 13.3 Å². The van der Waals surface area contributed by atoms with Crippen molar-refractivity contribution >= 4 is 11.9 Å². The molecule has 70 valence electrons. The Balaban J connectivity index is 4.28. The number of carbonyl (C=O) groups excluding carboxylic acids is 1. The highest BCUT2D eigenvalue weighted by atomic mass is 16.4. The molecule has 5 nitrogen and oxygen atoms in total. The van der Waals surface area contributed by atoms with Gasteiger partial charge in [0.1, 0.15) is 6.04 Å². The minimum absolute atomic E-state index is 0.419. The molecule has 0 rings (SSSR count). The molecule has 12 heavy (non-hydrogen) atoms. The van der Waals surface area contributed by atoms with Crippen molar-refractivity contribution in [2.45, 2.75) is 25.8 Å². The van der Waals surface area contributed by atoms with Crippen LogP contribution in [0.15, 0.2) is 0 Å². The number of carboxylic acids is 1. The average molecular weight is 174 g/mol. The summed E-state index contributed by atoms with van der Waals surface area (Å²) in [5, 5.41) is 8.50. The molecule has 0 fully saturated rings. The molecule has 2 atom stereocenters. The fourth-order valence-electron chi connectivity index (χ4n) is 0.982. The van der Waals surface area contributed by atoms with Gasteiger partial charge < -0.3 is 16.6 Å². The second-order valence-electron chi connectivity index (χ2n) is 2.66. The Morgan fingerprint density at radius 1 is 1.50 bits per heavy atom. The molecule has 0 saturated carbocycles. The first kappa shape index (κ1) is 10.9. The molecule has 0 saturated heterocycles. The molecule has 0 radical (unpaired) electrons. The van der Waals surface area contributed by atoms with Crippen LogP contribution in [-0.2, 0) is 9.59 Å². The molecule has 0 aliphatic heterocycles. The average Bonchev–Trinajstić information content (AvgIpc) is 1.98. The van der Waals surface area contributed by atoms with Gasteiger partial charge in [0.15, 0.2) is 0 Å². The number of hydrogen-bond donors (Lipinski definition) is 3. The molecule has 0 aliphatic carbocycles. The van der Waals surface area contributed by atoms with E-state index in [1.54, 1.807) is 0 Å². The number of aliphatic carboxylic acids is 1. The highest BCUT2D eigenvalue weighted by Gasteiger charge is 2.27. The van der Waals surface area contributed by atoms with Crippen LogP contribution in [0.2, 0.25) is 0 Å². The lowest BCUT2D eigenvalue weighted by atomic mass is 9.95. The fraction of sp³-hybridized carbons (Fsp3) is 0.714. The van der Waals surface area contributed by atoms with Crippen molar-refractivity contribution in [3.63, 3.8) is 0 Å². The Kier molecular flexibility index (Phi) is 4.28. The van der Waals surface area contributed by atoms with E-state index in [9.17, 15) is 9.59 Å². The molecular formula is C7H14N2O3. The SMILES string of the molecule is CCCC(C(N)=O)C(N)C(=O)O. The first-order valence-corrected chi connectivity index (χ1v) is 3.78. The Hall–Kier alpha value is -1.10. The number of primary amides is 1. The van der Waals surface area contributed by atoms with E-state index in [4.69, 9.17) is 16.6 Å². The van der Waals surface area contributed by atoms with Crippen LogP contribution in [0.4, 0.5) is 0 Å². The maximum Gasteiger partial charge on any atom is 0.321 e. The van der Waals surface area contributed by atoms with Crippen molar-refractivity contribution in [2.75, 3.05) is 0 Å². The Morgan fingerprint density at radius 3 is 2.25 bits per heavy atom. The zero-order valence-electron chi connectivity index (χ0n) is 6.99. The van der Waals surface area contributed by atoms with Crippen LogP contribution >= 0.6 is 0 Å². The summed E-state index contributed by atoms with van der Waals surface area (Å²) in [6.07, 6.45) is 1.11. The van der Waals surface area contributed by atoms with Gasteiger partial charge in [0.05, 0.1) is 5.92 Å². The van der Waals surface area contributed by atoms with Crippen LogP contribution in [0.1, 0.15) is 19.8 Å². The molecule has 0 heterocycles. The third kappa shape index (κ3) is 2.87. The Morgan fingerprint density at radius 2 is 2.00 bits per heavy atom. The van der Waals surface area contributed by atoms with Gasteiger partial charge in [-0.2, -0.15) is 0 Å². The molecule has 5 heteroatoms. The monoisotopic (exact) mass is 174 g/mol. The number of nitrogens with two attached hydrogens (primary N) is 2. The predicted octanol–water partition coefficient (Wildman–Crippen LogP) is -0.700. The van der Waals surface area contributed by atoms with Gasteiger partial charge in [-0.3, -0.25) is 9.59 Å². The molecule has 1 amide bonds. The number of carbonyl (C=O) groups is 2. The van der Waals surface area contributed by atoms with Crippen molar-refractivity contribution in [3.8, 4) is 0 Å². The van der Waals surface area contributed by atoms with Crippen molar-refractivity contribution in [1.82, 2.24) is 0 Å². The van der Waals surface area contributed by atoms with Crippen molar-refractivity contribution in [1.29, 1.82) is 0 Å². The van der Waals surface area contributed by atoms with Crippen LogP contribution in [0.25, 0.3) is 0 Å². The van der Waals surface area contributed by atoms with Gasteiger partial charge in [0, 0.05) is 0 Å². The van der Waals surface area contributed by atoms with E-state index in [1.807, 2.05) is 6.92 Å². The summed E-state index contributed by atoms with van der Waals surface area (Å²) in [5.41, 5.74) is 10.2. The van der Waals surface area contributed by atoms with Crippen LogP contribution in [0.5, 0.6) is 0 Å². The van der Waals surface area contributed by atoms with Gasteiger partial charge in [-0.25, -0.2) is 0 Å². The summed E-state index contributed by atoms with van der Waals surface area (Å²) in [6, 6.07) is -1.18. The summed E-state index contributed by atoms with van der Waals surface area (Å²) in [6.45, 7) is 1.84. The van der Waals surface area contributed by atoms with Crippen LogP contribution < -0.4 is 11.5 Å². The number of carboxylic acid groups (broad SMARTS) is 1. The van der Waals surface area contributed by atoms with E-state index in [0.717, 1.165) is 0 Å². The molecular weight excluding hydrogens is 160 g/mol. The van der Waals surface area contributed by atoms with Crippen molar-refractivity contribution in [3.05, 3.63) is 0 Å². The van der Waals surface area contributed by atoms with Gasteiger partial charge in [0.25, 0.3) is 0 Å². The minimum atomic E-state index is -1.19. The standard InChI is InChI=1S/C7H14N2O3/c1-2-3-4(6(9)10)5(8)7(11)12/h4-5H,2-3,8H2,1H3,(H2,9,10)(H,11,12). The Bertz CT molecular complexity index is 181. The lowest BCUT2D eigenvalue weighted by Gasteiger charge is -2.15. The molecule has 0 bridgehead atoms. The van der Waals surface area contributed by atoms with E-state index in [1.165, 1.54) is 0 Å². The molecule has 0 aromatic heterocycles. The van der Waals surface area contributed by atoms with Gasteiger partial charge in [-0.15, -0.1) is 0 Å². The minimum Gasteiger partial charge on any atom is -0.480 e. The fourth-order valence-corrected chi connectivity index (χ4v) is 0.982. The van der Waals surface area contributed by atoms with Crippen molar-refractivity contribution in [2.24, 2.45) is 17.4 Å². The second-order valence-corrected chi connectivity index (χ2v) is 2.66. The van der Waals surface area contributed by atoms with Crippen LogP contribution in [0, 0.1) is 5.92 Å². The smallest absolute Gasteiger partial charge is 0.321 e. The topological polar surface area (TPSA) is 106 Å². The third-order valence-corrected chi connectivity index (χ3v) is 1.68. The first-order chi connectivity index (χ1) is 5.50. The van der Waals surface area contributed by atoms with Gasteiger partial charge >= 0.3 is 5.97 Å². The molecule has 0 aromatic rings. The predicted molar refractivity (Wildman–Crippen MR) is 43.2 cm³/mol. The lowest BCUT2D eigenvalue weighted by Crippen LogP contribution is -2.44. The molecule has 5 N–H and O–H groups in total. The quantitative estimate of drug-likeness (QED) is 0.512. The number of rotatable bonds is 5. The lowest BCUT2D eigenvalue weighted by molar-refractivity contribution is -0.142. The third-order valence-electron chi connectivity index (χ3n) is 1.68. The van der Waals surface area contributed by atoms with E-state index in [0.29, 0.717) is 12.8 Å². The van der Waals surface area contributed by atoms with Gasteiger partial charge in [0.2, 0.25) is 5.91 Å². The molecule has 0 aliphatic rings. The van der Waals surface area contributed by atoms with E-state index < -0.39 is 23.8 Å². The second kappa shape index (κ2) is 4.71. The summed E-state index contributed by atoms with van der Waals surface area (Å²) in [5.74, 6) is -2.59. The van der Waals surface area contributed by atoms with Gasteiger partial charge in [-0.05, 0) is 6.42 Å². The van der Waals surface area contributed by atoms with E-state index >= 15 is 0 Å². The highest BCUT2D eigenvalue weighted by molar-refractivity contribution is 5.85. The van der Waals surface area contributed by atoms with E-state index in [2.05, 4.69) is 0 Å². The summed E-state index contributed by atoms with van der Waals surface area (Å²) < 4.78 is 0. The molecule has 2 unspecified atom stereocenters. The molecule has 0 spiro atoms. The number of amides is 1. The zero-order chi connectivity index (χ0) is 9.72. The highest BCUT2D eigenvalue weighted by Crippen LogP contribution is 2.09. The summed E-state index contributed by atoms with van der Waals surface area (Å²) >= 11 is 0. The van der Waals surface area contributed by atoms with E-state index in [-0.39, 0.29) is 0 Å². The summed E-state index contributed by atoms with van der Waals surface area (Å²) in [7, 11) is 0. The summed E-state index contributed by atoms with van der Waals surface area (Å²) in [4.78, 5) is 21.1. The maximum atomic E-state index is 10.7. The zero-order valence-corrected chi connectivity index (χ0v) is 6.99. The van der Waals surface area contributed by atoms with Crippen LogP contribution in [0.3, 0.4) is 0 Å². The largest absolute Gasteiger partial charge is 0.480 e. The van der Waals surface area contributed by atoms with Crippen LogP contribution in [-0.4, -0.2) is 23.0 Å². The first-order valence-electron chi connectivity index (χ1n) is 3.78.